The maximum atomic E-state index is 12.5. The van der Waals surface area contributed by atoms with Crippen LogP contribution in [0, 0.1) is 0 Å². The van der Waals surface area contributed by atoms with Crippen molar-refractivity contribution in [2.24, 2.45) is 0 Å². The molecule has 30 heavy (non-hydrogen) atoms. The summed E-state index contributed by atoms with van der Waals surface area (Å²) < 4.78 is 2.44. The Labute approximate surface area is 183 Å². The molecule has 1 aliphatic heterocycles. The van der Waals surface area contributed by atoms with E-state index < -0.39 is 13.1 Å². The zero-order chi connectivity index (χ0) is 21.5. The van der Waals surface area contributed by atoms with Crippen LogP contribution < -0.4 is 10.2 Å². The van der Waals surface area contributed by atoms with Gasteiger partial charge in [-0.25, -0.2) is 0 Å². The molecular weight excluding hydrogens is 419 g/mol. The Hall–Kier alpha value is -2.33. The second-order valence-electron chi connectivity index (χ2n) is 6.82. The number of aromatic nitrogens is 1. The molecule has 2 heterocycles. The minimum atomic E-state index is -1.72. The Balaban J connectivity index is 1.64. The van der Waals surface area contributed by atoms with Crippen molar-refractivity contribution in [3.05, 3.63) is 81.4 Å². The number of carbonyl (C=O) groups is 1. The predicted octanol–water partition coefficient (Wildman–Crippen LogP) is 2.64. The topological polar surface area (TPSA) is 91.6 Å². The van der Waals surface area contributed by atoms with Crippen LogP contribution in [0.5, 0.6) is 0 Å². The van der Waals surface area contributed by atoms with Crippen molar-refractivity contribution in [1.29, 1.82) is 0 Å². The number of allylic oxidation sites excluding steroid dienone is 4. The molecule has 0 radical (unpaired) electrons. The number of rotatable bonds is 7. The fourth-order valence-electron chi connectivity index (χ4n) is 3.06. The number of nitrogens with one attached hydrogen (secondary N) is 1. The van der Waals surface area contributed by atoms with Crippen molar-refractivity contribution in [2.75, 3.05) is 5.75 Å². The Morgan fingerprint density at radius 1 is 1.30 bits per heavy atom. The molecule has 0 saturated carbocycles. The molecule has 3 N–H and O–H groups in total. The van der Waals surface area contributed by atoms with E-state index in [2.05, 4.69) is 11.9 Å². The van der Waals surface area contributed by atoms with Gasteiger partial charge >= 0.3 is 12.0 Å². The van der Waals surface area contributed by atoms with Gasteiger partial charge in [0.1, 0.15) is 0 Å². The fourth-order valence-corrected chi connectivity index (χ4v) is 4.74. The van der Waals surface area contributed by atoms with Gasteiger partial charge in [-0.15, -0.1) is 11.8 Å². The van der Waals surface area contributed by atoms with E-state index in [9.17, 15) is 19.6 Å². The van der Waals surface area contributed by atoms with Gasteiger partial charge in [0.15, 0.2) is 0 Å². The minimum Gasteiger partial charge on any atom is -0.426 e. The smallest absolute Gasteiger partial charge is 0.426 e. The van der Waals surface area contributed by atoms with Gasteiger partial charge < -0.3 is 15.4 Å². The van der Waals surface area contributed by atoms with Gasteiger partial charge in [0.25, 0.3) is 0 Å². The highest BCUT2D eigenvalue weighted by Crippen LogP contribution is 2.22. The van der Waals surface area contributed by atoms with E-state index in [-0.39, 0.29) is 30.2 Å². The summed E-state index contributed by atoms with van der Waals surface area (Å²) in [6.07, 6.45) is 7.98. The minimum absolute atomic E-state index is 0.0580. The highest BCUT2D eigenvalue weighted by atomic mass is 32.2. The fraction of sp³-hybridized carbons (Fsp3) is 0.238. The van der Waals surface area contributed by atoms with Gasteiger partial charge in [-0.05, 0) is 35.1 Å². The third-order valence-electron chi connectivity index (χ3n) is 4.66. The Bertz CT molecular complexity index is 1070. The number of fused-ring (bicyclic) bond motifs is 1. The van der Waals surface area contributed by atoms with E-state index in [0.717, 1.165) is 38.5 Å². The van der Waals surface area contributed by atoms with Crippen molar-refractivity contribution >= 4 is 46.3 Å². The van der Waals surface area contributed by atoms with Gasteiger partial charge in [-0.3, -0.25) is 14.2 Å². The highest BCUT2D eigenvalue weighted by molar-refractivity contribution is 8.02. The maximum Gasteiger partial charge on any atom is 0.475 e. The molecule has 0 fully saturated rings. The van der Waals surface area contributed by atoms with Crippen LogP contribution >= 0.6 is 23.1 Å². The normalized spacial score (nSPS) is 19.1. The van der Waals surface area contributed by atoms with Gasteiger partial charge in [0.2, 0.25) is 5.91 Å². The van der Waals surface area contributed by atoms with Crippen LogP contribution in [0.2, 0.25) is 0 Å². The lowest BCUT2D eigenvalue weighted by Gasteiger charge is -2.20. The van der Waals surface area contributed by atoms with Crippen molar-refractivity contribution in [3.63, 3.8) is 0 Å². The zero-order valence-electron chi connectivity index (χ0n) is 16.4. The van der Waals surface area contributed by atoms with Gasteiger partial charge in [0.05, 0.1) is 16.2 Å². The van der Waals surface area contributed by atoms with Gasteiger partial charge in [-0.2, -0.15) is 0 Å². The predicted molar refractivity (Wildman–Crippen MR) is 125 cm³/mol. The number of nitrogens with zero attached hydrogens (tertiary/aromatic N) is 1. The molecule has 9 heteroatoms. The molecule has 1 aliphatic rings. The lowest BCUT2D eigenvalue weighted by molar-refractivity contribution is -0.121. The number of carbonyl (C=O) groups excluding carboxylic acids is 1. The molecule has 0 aliphatic carbocycles. The molecule has 1 amide bonds. The van der Waals surface area contributed by atoms with Gasteiger partial charge in [-0.1, -0.05) is 54.4 Å². The number of thiazole rings is 1. The van der Waals surface area contributed by atoms with Crippen LogP contribution in [0.3, 0.4) is 0 Å². The molecule has 3 rings (SSSR count). The zero-order valence-corrected chi connectivity index (χ0v) is 18.0. The van der Waals surface area contributed by atoms with E-state index in [0.29, 0.717) is 0 Å². The molecular formula is C21H23BN2O4S2. The van der Waals surface area contributed by atoms with E-state index in [1.165, 1.54) is 0 Å². The second-order valence-corrected chi connectivity index (χ2v) is 8.71. The number of benzene rings is 1. The summed E-state index contributed by atoms with van der Waals surface area (Å²) in [5, 5.41) is 24.2. The number of aryl methyl sites for hydroxylation is 1. The molecule has 6 nitrogen and oxygen atoms in total. The summed E-state index contributed by atoms with van der Waals surface area (Å²) >= 11 is 2.72. The molecule has 0 spiro atoms. The number of hydrogen-bond donors (Lipinski definition) is 3. The average Bonchev–Trinajstić information content (AvgIpc) is 3.08. The van der Waals surface area contributed by atoms with Crippen LogP contribution in [0.1, 0.15) is 12.8 Å². The standard InChI is InChI=1S/C21H23BN2O4S2/c1-15-7-3-2-6-12-29-14-16(15)13-19(22(27)28)23-20(25)10-11-24-17-8-4-5-9-18(17)30-21(24)26/h2-9,14,19,27-28H,1,10-13H2,(H,23,25)/b6-2-,7-3-,16-14-/t19-/m0/s1. The Kier molecular flexibility index (Phi) is 7.92. The van der Waals surface area contributed by atoms with Crippen molar-refractivity contribution in [2.45, 2.75) is 25.3 Å². The van der Waals surface area contributed by atoms with E-state index in [4.69, 9.17) is 0 Å². The summed E-state index contributed by atoms with van der Waals surface area (Å²) in [6, 6.07) is 7.44. The van der Waals surface area contributed by atoms with E-state index >= 15 is 0 Å². The Morgan fingerprint density at radius 3 is 2.90 bits per heavy atom. The quantitative estimate of drug-likeness (QED) is 0.574. The van der Waals surface area contributed by atoms with Gasteiger partial charge in [0, 0.05) is 18.7 Å². The largest absolute Gasteiger partial charge is 0.475 e. The van der Waals surface area contributed by atoms with Crippen LogP contribution in [0.25, 0.3) is 10.2 Å². The molecule has 0 saturated heterocycles. The third-order valence-corrected chi connectivity index (χ3v) is 6.45. The number of hydrogen-bond acceptors (Lipinski definition) is 6. The highest BCUT2D eigenvalue weighted by Gasteiger charge is 2.27. The maximum absolute atomic E-state index is 12.5. The molecule has 0 unspecified atom stereocenters. The first-order valence-corrected chi connectivity index (χ1v) is 11.4. The molecule has 156 valence electrons. The monoisotopic (exact) mass is 442 g/mol. The van der Waals surface area contributed by atoms with Crippen LogP contribution in [0.4, 0.5) is 0 Å². The summed E-state index contributed by atoms with van der Waals surface area (Å²) in [6.45, 7) is 4.25. The molecule has 0 bridgehead atoms. The summed E-state index contributed by atoms with van der Waals surface area (Å²) in [5.74, 6) is -0.433. The lowest BCUT2D eigenvalue weighted by atomic mass is 9.75. The molecule has 1 aromatic carbocycles. The van der Waals surface area contributed by atoms with Crippen molar-refractivity contribution in [3.8, 4) is 0 Å². The van der Waals surface area contributed by atoms with E-state index in [1.54, 1.807) is 16.3 Å². The van der Waals surface area contributed by atoms with Crippen molar-refractivity contribution < 1.29 is 14.8 Å². The first-order chi connectivity index (χ1) is 14.5. The second kappa shape index (κ2) is 10.6. The van der Waals surface area contributed by atoms with Crippen LogP contribution in [0.15, 0.2) is 76.5 Å². The SMILES string of the molecule is C=C1/C=C\C=C/CS/C=C\1C[C@H](NC(=O)CCn1c(=O)sc2ccccc21)B(O)O. The third kappa shape index (κ3) is 5.85. The average molecular weight is 442 g/mol. The Morgan fingerprint density at radius 2 is 2.10 bits per heavy atom. The summed E-state index contributed by atoms with van der Waals surface area (Å²) in [7, 11) is -1.72. The first kappa shape index (κ1) is 22.4. The first-order valence-electron chi connectivity index (χ1n) is 9.52. The number of para-hydroxylation sites is 1. The molecule has 2 aromatic rings. The number of thioether (sulfide) groups is 1. The van der Waals surface area contributed by atoms with Crippen molar-refractivity contribution in [1.82, 2.24) is 9.88 Å². The summed E-state index contributed by atoms with van der Waals surface area (Å²) in [5.41, 5.74) is 2.38. The summed E-state index contributed by atoms with van der Waals surface area (Å²) in [4.78, 5) is 24.6. The van der Waals surface area contributed by atoms with Crippen LogP contribution in [-0.4, -0.2) is 39.3 Å². The number of amides is 1. The van der Waals surface area contributed by atoms with E-state index in [1.807, 2.05) is 54.0 Å². The molecule has 1 atom stereocenters. The lowest BCUT2D eigenvalue weighted by Crippen LogP contribution is -2.47. The molecule has 1 aromatic heterocycles. The van der Waals surface area contributed by atoms with Crippen LogP contribution in [-0.2, 0) is 11.3 Å².